The zero-order valence-corrected chi connectivity index (χ0v) is 21.0. The van der Waals surface area contributed by atoms with Crippen molar-refractivity contribution in [2.75, 3.05) is 56.7 Å². The van der Waals surface area contributed by atoms with Crippen LogP contribution < -0.4 is 10.2 Å². The van der Waals surface area contributed by atoms with Crippen LogP contribution in [0, 0.1) is 0 Å². The van der Waals surface area contributed by atoms with Crippen LogP contribution in [0.15, 0.2) is 30.5 Å². The third kappa shape index (κ3) is 5.49. The number of anilines is 2. The van der Waals surface area contributed by atoms with Crippen LogP contribution in [0.3, 0.4) is 0 Å². The van der Waals surface area contributed by atoms with E-state index in [2.05, 4.69) is 15.0 Å². The number of hydrogen-bond donors (Lipinski definition) is 2. The van der Waals surface area contributed by atoms with Crippen LogP contribution in [0.5, 0.6) is 0 Å². The van der Waals surface area contributed by atoms with Crippen molar-refractivity contribution in [3.8, 4) is 11.4 Å². The summed E-state index contributed by atoms with van der Waals surface area (Å²) in [4.78, 5) is 36.7. The SMILES string of the molecule is COC(=O)Nc1ccc(-c2nc(N3CCOC(C)C3)c3cnn(C4CCN(CC(=O)O)CC4)c3n2)cc1. The number of methoxy groups -OCH3 is 1. The van der Waals surface area contributed by atoms with Crippen molar-refractivity contribution in [3.05, 3.63) is 30.5 Å². The van der Waals surface area contributed by atoms with Gasteiger partial charge < -0.3 is 19.5 Å². The average Bonchev–Trinajstić information content (AvgIpc) is 3.32. The Kier molecular flexibility index (Phi) is 7.19. The first-order chi connectivity index (χ1) is 17.9. The van der Waals surface area contributed by atoms with E-state index in [0.29, 0.717) is 37.8 Å². The van der Waals surface area contributed by atoms with Crippen molar-refractivity contribution in [2.24, 2.45) is 0 Å². The predicted octanol–water partition coefficient (Wildman–Crippen LogP) is 2.62. The molecular formula is C25H31N7O5. The van der Waals surface area contributed by atoms with Crippen LogP contribution in [-0.2, 0) is 14.3 Å². The summed E-state index contributed by atoms with van der Waals surface area (Å²) in [5.74, 6) is 0.579. The molecule has 2 aliphatic rings. The number of carboxylic acid groups (broad SMARTS) is 1. The molecule has 5 rings (SSSR count). The van der Waals surface area contributed by atoms with Crippen LogP contribution in [0.25, 0.3) is 22.4 Å². The number of aromatic nitrogens is 4. The molecule has 2 saturated heterocycles. The zero-order chi connectivity index (χ0) is 25.9. The van der Waals surface area contributed by atoms with Gasteiger partial charge in [0.25, 0.3) is 0 Å². The molecule has 0 radical (unpaired) electrons. The van der Waals surface area contributed by atoms with Gasteiger partial charge >= 0.3 is 12.1 Å². The number of carboxylic acids is 1. The molecular weight excluding hydrogens is 478 g/mol. The number of fused-ring (bicyclic) bond motifs is 1. The molecule has 0 bridgehead atoms. The summed E-state index contributed by atoms with van der Waals surface area (Å²) in [6.07, 6.45) is 2.97. The Hall–Kier alpha value is -3.77. The number of amides is 1. The van der Waals surface area contributed by atoms with E-state index in [1.165, 1.54) is 7.11 Å². The number of rotatable bonds is 6. The van der Waals surface area contributed by atoms with E-state index in [-0.39, 0.29) is 18.7 Å². The third-order valence-electron chi connectivity index (χ3n) is 6.81. The second-order valence-electron chi connectivity index (χ2n) is 9.42. The molecule has 12 heteroatoms. The molecule has 0 spiro atoms. The van der Waals surface area contributed by atoms with E-state index in [1.807, 2.05) is 34.8 Å². The summed E-state index contributed by atoms with van der Waals surface area (Å²) in [5, 5.41) is 17.4. The molecule has 196 valence electrons. The highest BCUT2D eigenvalue weighted by Crippen LogP contribution is 2.32. The molecule has 0 saturated carbocycles. The van der Waals surface area contributed by atoms with Gasteiger partial charge in [-0.15, -0.1) is 0 Å². The van der Waals surface area contributed by atoms with Gasteiger partial charge in [-0.1, -0.05) is 0 Å². The number of morpholine rings is 1. The van der Waals surface area contributed by atoms with Gasteiger partial charge in [-0.2, -0.15) is 5.10 Å². The largest absolute Gasteiger partial charge is 0.480 e. The number of carbonyl (C=O) groups is 2. The van der Waals surface area contributed by atoms with Crippen LogP contribution in [0.1, 0.15) is 25.8 Å². The molecule has 2 N–H and O–H groups in total. The van der Waals surface area contributed by atoms with E-state index in [4.69, 9.17) is 24.9 Å². The molecule has 1 unspecified atom stereocenters. The van der Waals surface area contributed by atoms with Gasteiger partial charge in [-0.05, 0) is 44.0 Å². The first-order valence-corrected chi connectivity index (χ1v) is 12.4. The molecule has 1 aromatic carbocycles. The minimum absolute atomic E-state index is 0.0546. The maximum absolute atomic E-state index is 11.5. The highest BCUT2D eigenvalue weighted by atomic mass is 16.5. The smallest absolute Gasteiger partial charge is 0.411 e. The molecule has 12 nitrogen and oxygen atoms in total. The standard InChI is InChI=1S/C25H31N7O5/c1-16-14-31(11-12-37-16)23-20-13-26-32(19-7-9-30(10-8-19)15-21(33)34)24(20)29-22(28-23)17-3-5-18(6-4-17)27-25(35)36-2/h3-6,13,16,19H,7-12,14-15H2,1-2H3,(H,27,35)(H,33,34). The second-order valence-corrected chi connectivity index (χ2v) is 9.42. The van der Waals surface area contributed by atoms with Crippen LogP contribution in [0.2, 0.25) is 0 Å². The maximum Gasteiger partial charge on any atom is 0.411 e. The lowest BCUT2D eigenvalue weighted by molar-refractivity contribution is -0.138. The zero-order valence-electron chi connectivity index (χ0n) is 21.0. The number of likely N-dealkylation sites (tertiary alicyclic amines) is 1. The van der Waals surface area contributed by atoms with Crippen molar-refractivity contribution in [1.82, 2.24) is 24.6 Å². The van der Waals surface area contributed by atoms with E-state index in [1.54, 1.807) is 12.1 Å². The predicted molar refractivity (Wildman–Crippen MR) is 137 cm³/mol. The number of ether oxygens (including phenoxy) is 2. The molecule has 37 heavy (non-hydrogen) atoms. The Morgan fingerprint density at radius 1 is 1.16 bits per heavy atom. The van der Waals surface area contributed by atoms with Gasteiger partial charge in [0.2, 0.25) is 0 Å². The van der Waals surface area contributed by atoms with E-state index in [9.17, 15) is 9.59 Å². The summed E-state index contributed by atoms with van der Waals surface area (Å²) in [7, 11) is 1.32. The molecule has 3 aromatic rings. The second kappa shape index (κ2) is 10.7. The van der Waals surface area contributed by atoms with Crippen molar-refractivity contribution in [3.63, 3.8) is 0 Å². The fraction of sp³-hybridized carbons (Fsp3) is 0.480. The number of carbonyl (C=O) groups excluding carboxylic acids is 1. The summed E-state index contributed by atoms with van der Waals surface area (Å²) in [6.45, 7) is 5.54. The van der Waals surface area contributed by atoms with Crippen molar-refractivity contribution in [1.29, 1.82) is 0 Å². The van der Waals surface area contributed by atoms with Gasteiger partial charge in [-0.25, -0.2) is 19.4 Å². The number of hydrogen-bond acceptors (Lipinski definition) is 9. The van der Waals surface area contributed by atoms with Crippen LogP contribution in [0.4, 0.5) is 16.3 Å². The van der Waals surface area contributed by atoms with Crippen LogP contribution in [-0.4, -0.2) is 94.4 Å². The summed E-state index contributed by atoms with van der Waals surface area (Å²) < 4.78 is 12.4. The Labute approximate surface area is 214 Å². The first-order valence-electron chi connectivity index (χ1n) is 12.4. The molecule has 0 aliphatic carbocycles. The van der Waals surface area contributed by atoms with E-state index < -0.39 is 12.1 Å². The summed E-state index contributed by atoms with van der Waals surface area (Å²) >= 11 is 0. The molecule has 4 heterocycles. The first kappa shape index (κ1) is 24.9. The van der Waals surface area contributed by atoms with Crippen molar-refractivity contribution in [2.45, 2.75) is 31.9 Å². The number of benzene rings is 1. The average molecular weight is 510 g/mol. The fourth-order valence-electron chi connectivity index (χ4n) is 4.94. The van der Waals surface area contributed by atoms with E-state index >= 15 is 0 Å². The van der Waals surface area contributed by atoms with Crippen molar-refractivity contribution < 1.29 is 24.2 Å². The van der Waals surface area contributed by atoms with E-state index in [0.717, 1.165) is 41.8 Å². The molecule has 2 aliphatic heterocycles. The Bertz CT molecular complexity index is 1270. The highest BCUT2D eigenvalue weighted by molar-refractivity contribution is 5.89. The molecule has 1 atom stereocenters. The third-order valence-corrected chi connectivity index (χ3v) is 6.81. The van der Waals surface area contributed by atoms with Crippen LogP contribution >= 0.6 is 0 Å². The van der Waals surface area contributed by atoms with Gasteiger partial charge in [0, 0.05) is 37.4 Å². The lowest BCUT2D eigenvalue weighted by Gasteiger charge is -2.33. The van der Waals surface area contributed by atoms with Gasteiger partial charge in [-0.3, -0.25) is 15.0 Å². The highest BCUT2D eigenvalue weighted by Gasteiger charge is 2.27. The minimum Gasteiger partial charge on any atom is -0.480 e. The quantitative estimate of drug-likeness (QED) is 0.510. The maximum atomic E-state index is 11.5. The van der Waals surface area contributed by atoms with Gasteiger partial charge in [0.15, 0.2) is 11.5 Å². The minimum atomic E-state index is -0.808. The Morgan fingerprint density at radius 3 is 2.59 bits per heavy atom. The Balaban J connectivity index is 1.50. The lowest BCUT2D eigenvalue weighted by Crippen LogP contribution is -2.41. The number of aliphatic carboxylic acids is 1. The number of piperidine rings is 1. The molecule has 2 aromatic heterocycles. The normalized spacial score (nSPS) is 19.2. The molecule has 1 amide bonds. The number of nitrogens with zero attached hydrogens (tertiary/aromatic N) is 6. The van der Waals surface area contributed by atoms with Gasteiger partial charge in [0.05, 0.1) is 44.0 Å². The molecule has 2 fully saturated rings. The Morgan fingerprint density at radius 2 is 1.92 bits per heavy atom. The monoisotopic (exact) mass is 509 g/mol. The lowest BCUT2D eigenvalue weighted by atomic mass is 10.1. The number of nitrogens with one attached hydrogen (secondary N) is 1. The topological polar surface area (TPSA) is 135 Å². The fourth-order valence-corrected chi connectivity index (χ4v) is 4.94. The van der Waals surface area contributed by atoms with Gasteiger partial charge in [0.1, 0.15) is 5.82 Å². The summed E-state index contributed by atoms with van der Waals surface area (Å²) in [5.41, 5.74) is 2.17. The van der Waals surface area contributed by atoms with Crippen molar-refractivity contribution >= 4 is 34.6 Å². The summed E-state index contributed by atoms with van der Waals surface area (Å²) in [6, 6.07) is 7.41.